The Morgan fingerprint density at radius 2 is 1.32 bits per heavy atom. The highest BCUT2D eigenvalue weighted by atomic mass is 16.6. The molecule has 0 heterocycles. The minimum absolute atomic E-state index is 0.0766. The Kier molecular flexibility index (Phi) is 19.1. The molecule has 1 amide bonds. The number of unbranched alkanes of at least 4 members (excludes halogenated alkanes) is 1. The van der Waals surface area contributed by atoms with Crippen molar-refractivity contribution in [1.82, 2.24) is 20.0 Å². The Bertz CT molecular complexity index is 1520. The molecule has 0 aliphatic heterocycles. The zero-order valence-corrected chi connectivity index (χ0v) is 37.9. The molecule has 0 aromatic heterocycles. The van der Waals surface area contributed by atoms with Gasteiger partial charge in [-0.2, -0.15) is 0 Å². The summed E-state index contributed by atoms with van der Waals surface area (Å²) >= 11 is 0. The number of carbonyl (C=O) groups excluding carboxylic acids is 1. The minimum Gasteiger partial charge on any atom is -0.480 e. The highest BCUT2D eigenvalue weighted by Crippen LogP contribution is 2.67. The Morgan fingerprint density at radius 1 is 0.726 bits per heavy atom. The van der Waals surface area contributed by atoms with Crippen LogP contribution in [-0.2, 0) is 28.7 Å². The van der Waals surface area contributed by atoms with E-state index in [-0.39, 0.29) is 50.7 Å². The number of alkyl carbamates (subject to hydrolysis) is 1. The first-order valence-corrected chi connectivity index (χ1v) is 23.2. The molecule has 3 unspecified atom stereocenters. The summed E-state index contributed by atoms with van der Waals surface area (Å²) in [5.41, 5.74) is 2.00. The molecule has 0 aromatic rings. The molecule has 0 bridgehead atoms. The average Bonchev–Trinajstić information content (AvgIpc) is 3.52. The molecule has 62 heavy (non-hydrogen) atoms. The molecular weight excluding hydrogens is 801 g/mol. The normalized spacial score (nSPS) is 27.8. The van der Waals surface area contributed by atoms with Gasteiger partial charge in [0.05, 0.1) is 26.2 Å². The number of aliphatic carboxylic acids is 5. The van der Waals surface area contributed by atoms with Crippen LogP contribution < -0.4 is 5.32 Å². The molecule has 16 nitrogen and oxygen atoms in total. The molecular formula is C46H76N4O12. The molecule has 4 aliphatic carbocycles. The van der Waals surface area contributed by atoms with Gasteiger partial charge in [0.2, 0.25) is 0 Å². The maximum atomic E-state index is 13.0. The highest BCUT2D eigenvalue weighted by Gasteiger charge is 2.59. The number of hydrogen-bond acceptors (Lipinski definition) is 10. The fraction of sp³-hybridized carbons (Fsp3) is 0.826. The standard InChI is InChI=1S/C46H76N4O12/c1-30(2)9-8-10-31(3)35-14-15-36-34-13-12-32-25-33(16-18-45(32,4)37(34)17-19-46(35,36)5)62-44(61)47-20-7-6-11-38(43(59)60)50(23-21-48(26-39(51)52)27-40(53)54)24-22-49(28-41(55)56)29-42(57)58/h12,30-31,33-38H,6-11,13-29H2,1-5H3,(H,47,61)(H,51,52)(H,53,54)(H,55,56)(H,57,58)(H,59,60)/t31-,33+,34?,35-,36?,37?,38+,45+,46-/m1/s1. The number of rotatable bonds is 27. The number of carboxylic acids is 5. The summed E-state index contributed by atoms with van der Waals surface area (Å²) in [4.78, 5) is 74.8. The van der Waals surface area contributed by atoms with Crippen LogP contribution in [0.15, 0.2) is 11.6 Å². The van der Waals surface area contributed by atoms with E-state index in [9.17, 15) is 54.3 Å². The summed E-state index contributed by atoms with van der Waals surface area (Å²) in [6.07, 6.45) is 15.6. The fourth-order valence-electron chi connectivity index (χ4n) is 12.2. The lowest BCUT2D eigenvalue weighted by atomic mass is 9.47. The summed E-state index contributed by atoms with van der Waals surface area (Å²) in [6, 6.07) is -1.13. The smallest absolute Gasteiger partial charge is 0.407 e. The molecule has 0 spiro atoms. The zero-order chi connectivity index (χ0) is 45.8. The van der Waals surface area contributed by atoms with Gasteiger partial charge in [-0.3, -0.25) is 38.7 Å². The van der Waals surface area contributed by atoms with Crippen LogP contribution in [0, 0.1) is 46.3 Å². The molecule has 352 valence electrons. The summed E-state index contributed by atoms with van der Waals surface area (Å²) in [7, 11) is 0. The third-order valence-corrected chi connectivity index (χ3v) is 15.3. The molecule has 0 radical (unpaired) electrons. The number of fused-ring (bicyclic) bond motifs is 5. The molecule has 4 aliphatic rings. The van der Waals surface area contributed by atoms with E-state index in [0.29, 0.717) is 24.2 Å². The van der Waals surface area contributed by atoms with Crippen molar-refractivity contribution in [2.45, 2.75) is 137 Å². The van der Waals surface area contributed by atoms with Gasteiger partial charge in [-0.25, -0.2) is 4.79 Å². The van der Waals surface area contributed by atoms with Crippen molar-refractivity contribution >= 4 is 35.9 Å². The van der Waals surface area contributed by atoms with Crippen molar-refractivity contribution < 1.29 is 59.0 Å². The molecule has 0 saturated heterocycles. The van der Waals surface area contributed by atoms with Crippen molar-refractivity contribution in [3.8, 4) is 0 Å². The number of amides is 1. The quantitative estimate of drug-likeness (QED) is 0.0411. The van der Waals surface area contributed by atoms with Gasteiger partial charge < -0.3 is 35.6 Å². The first-order chi connectivity index (χ1) is 29.2. The SMILES string of the molecule is CC(C)CCC[C@@H](C)[C@H]1CCC2C3CC=C4C[C@@H](OC(=O)NCCCC[C@@H](C(=O)O)N(CCN(CC(=O)O)CC(=O)O)CCN(CC(=O)O)CC(=O)O)CC[C@]4(C)C3CC[C@@]21C. The van der Waals surface area contributed by atoms with Gasteiger partial charge in [0.25, 0.3) is 0 Å². The predicted octanol–water partition coefficient (Wildman–Crippen LogP) is 5.99. The van der Waals surface area contributed by atoms with Crippen molar-refractivity contribution in [3.63, 3.8) is 0 Å². The monoisotopic (exact) mass is 877 g/mol. The second kappa shape index (κ2) is 23.3. The summed E-state index contributed by atoms with van der Waals surface area (Å²) in [5, 5.41) is 50.1. The van der Waals surface area contributed by atoms with Crippen LogP contribution in [0.4, 0.5) is 4.79 Å². The van der Waals surface area contributed by atoms with Crippen molar-refractivity contribution in [2.24, 2.45) is 46.3 Å². The first kappa shape index (κ1) is 50.9. The third kappa shape index (κ3) is 14.1. The molecule has 0 aromatic carbocycles. The maximum absolute atomic E-state index is 13.0. The second-order valence-corrected chi connectivity index (χ2v) is 19.9. The van der Waals surface area contributed by atoms with Crippen molar-refractivity contribution in [2.75, 3.05) is 58.9 Å². The molecule has 4 rings (SSSR count). The average molecular weight is 877 g/mol. The highest BCUT2D eigenvalue weighted by molar-refractivity contribution is 5.74. The summed E-state index contributed by atoms with van der Waals surface area (Å²) < 4.78 is 5.95. The van der Waals surface area contributed by atoms with Gasteiger partial charge in [-0.1, -0.05) is 65.5 Å². The van der Waals surface area contributed by atoms with E-state index in [4.69, 9.17) is 4.74 Å². The van der Waals surface area contributed by atoms with E-state index in [2.05, 4.69) is 46.0 Å². The molecule has 3 fully saturated rings. The van der Waals surface area contributed by atoms with Gasteiger partial charge in [-0.05, 0) is 111 Å². The second-order valence-electron chi connectivity index (χ2n) is 19.9. The van der Waals surface area contributed by atoms with E-state index in [0.717, 1.165) is 65.1 Å². The van der Waals surface area contributed by atoms with Gasteiger partial charge in [0, 0.05) is 39.1 Å². The number of carboxylic acid groups (broad SMARTS) is 5. The fourth-order valence-corrected chi connectivity index (χ4v) is 12.2. The van der Waals surface area contributed by atoms with Crippen LogP contribution in [0.2, 0.25) is 0 Å². The lowest BCUT2D eigenvalue weighted by molar-refractivity contribution is -0.146. The number of carbonyl (C=O) groups is 6. The number of hydrogen-bond donors (Lipinski definition) is 6. The summed E-state index contributed by atoms with van der Waals surface area (Å²) in [6.45, 7) is 9.71. The number of nitrogens with one attached hydrogen (secondary N) is 1. The van der Waals surface area contributed by atoms with Crippen molar-refractivity contribution in [1.29, 1.82) is 0 Å². The molecule has 6 N–H and O–H groups in total. The Hall–Kier alpha value is -3.76. The van der Waals surface area contributed by atoms with E-state index < -0.39 is 68.2 Å². The van der Waals surface area contributed by atoms with Crippen LogP contribution in [0.1, 0.15) is 125 Å². The van der Waals surface area contributed by atoms with Gasteiger partial charge >= 0.3 is 35.9 Å². The van der Waals surface area contributed by atoms with Gasteiger partial charge in [0.1, 0.15) is 12.1 Å². The van der Waals surface area contributed by atoms with Gasteiger partial charge in [-0.15, -0.1) is 0 Å². The summed E-state index contributed by atoms with van der Waals surface area (Å²) in [5.74, 6) is -1.74. The minimum atomic E-state index is -1.26. The van der Waals surface area contributed by atoms with Crippen LogP contribution in [0.5, 0.6) is 0 Å². The van der Waals surface area contributed by atoms with Crippen LogP contribution >= 0.6 is 0 Å². The Morgan fingerprint density at radius 3 is 1.87 bits per heavy atom. The van der Waals surface area contributed by atoms with E-state index in [1.165, 1.54) is 55.4 Å². The molecule has 16 heteroatoms. The Labute approximate surface area is 367 Å². The lowest BCUT2D eigenvalue weighted by Crippen LogP contribution is -2.51. The lowest BCUT2D eigenvalue weighted by Gasteiger charge is -2.58. The predicted molar refractivity (Wildman–Crippen MR) is 232 cm³/mol. The maximum Gasteiger partial charge on any atom is 0.407 e. The van der Waals surface area contributed by atoms with Crippen LogP contribution in [0.3, 0.4) is 0 Å². The van der Waals surface area contributed by atoms with Crippen LogP contribution in [0.25, 0.3) is 0 Å². The van der Waals surface area contributed by atoms with E-state index >= 15 is 0 Å². The third-order valence-electron chi connectivity index (χ3n) is 15.3. The largest absolute Gasteiger partial charge is 0.480 e. The van der Waals surface area contributed by atoms with E-state index in [1.807, 2.05) is 0 Å². The van der Waals surface area contributed by atoms with Crippen molar-refractivity contribution in [3.05, 3.63) is 11.6 Å². The number of nitrogens with zero attached hydrogens (tertiary/aromatic N) is 3. The number of allylic oxidation sites excluding steroid dienone is 1. The zero-order valence-electron chi connectivity index (χ0n) is 37.9. The van der Waals surface area contributed by atoms with Crippen LogP contribution in [-0.4, -0.2) is 147 Å². The number of ether oxygens (including phenoxy) is 1. The van der Waals surface area contributed by atoms with E-state index in [1.54, 1.807) is 0 Å². The molecule has 3 saturated carbocycles. The first-order valence-electron chi connectivity index (χ1n) is 23.2. The van der Waals surface area contributed by atoms with Gasteiger partial charge in [0.15, 0.2) is 0 Å². The topological polar surface area (TPSA) is 235 Å². The molecule has 9 atom stereocenters. The Balaban J connectivity index is 1.28.